The number of hydrogen-bond acceptors (Lipinski definition) is 3. The van der Waals surface area contributed by atoms with Crippen molar-refractivity contribution in [3.8, 4) is 0 Å². The number of benzene rings is 1. The number of nitrogens with zero attached hydrogens (tertiary/aromatic N) is 2. The fourth-order valence-corrected chi connectivity index (χ4v) is 2.09. The largest absolute Gasteiger partial charge is 0.294 e. The molecule has 0 saturated carbocycles. The van der Waals surface area contributed by atoms with Crippen LogP contribution in [0, 0.1) is 6.92 Å². The molecule has 3 heteroatoms. The molecule has 3 rings (SSSR count). The van der Waals surface area contributed by atoms with Crippen LogP contribution in [-0.4, -0.2) is 11.5 Å². The van der Waals surface area contributed by atoms with Gasteiger partial charge in [-0.1, -0.05) is 12.1 Å². The zero-order chi connectivity index (χ0) is 10.4. The summed E-state index contributed by atoms with van der Waals surface area (Å²) < 4.78 is 0. The van der Waals surface area contributed by atoms with E-state index in [9.17, 15) is 0 Å². The number of fused-ring (bicyclic) bond motifs is 2. The van der Waals surface area contributed by atoms with Gasteiger partial charge in [-0.25, -0.2) is 10.8 Å². The summed E-state index contributed by atoms with van der Waals surface area (Å²) in [7, 11) is 0. The predicted octanol–water partition coefficient (Wildman–Crippen LogP) is 1.78. The van der Waals surface area contributed by atoms with Crippen LogP contribution in [-0.2, 0) is 6.42 Å². The molecular formula is C12H13N3. The van der Waals surface area contributed by atoms with Gasteiger partial charge in [-0.05, 0) is 36.6 Å². The van der Waals surface area contributed by atoms with Crippen LogP contribution in [0.5, 0.6) is 0 Å². The van der Waals surface area contributed by atoms with Gasteiger partial charge < -0.3 is 0 Å². The zero-order valence-corrected chi connectivity index (χ0v) is 8.70. The van der Waals surface area contributed by atoms with Crippen molar-refractivity contribution >= 4 is 16.7 Å². The third kappa shape index (κ3) is 1.27. The van der Waals surface area contributed by atoms with Gasteiger partial charge in [0.15, 0.2) is 0 Å². The summed E-state index contributed by atoms with van der Waals surface area (Å²) in [4.78, 5) is 4.60. The molecule has 76 valence electrons. The highest BCUT2D eigenvalue weighted by atomic mass is 15.4. The average Bonchev–Trinajstić information content (AvgIpc) is 2.57. The van der Waals surface area contributed by atoms with Gasteiger partial charge in [0.25, 0.3) is 0 Å². The van der Waals surface area contributed by atoms with E-state index in [4.69, 9.17) is 5.84 Å². The predicted molar refractivity (Wildman–Crippen MR) is 61.7 cm³/mol. The first-order chi connectivity index (χ1) is 7.24. The summed E-state index contributed by atoms with van der Waals surface area (Å²) >= 11 is 0. The molecule has 2 aromatic rings. The van der Waals surface area contributed by atoms with Gasteiger partial charge in [0.2, 0.25) is 0 Å². The number of hydrogen-bond donors (Lipinski definition) is 1. The van der Waals surface area contributed by atoms with Crippen molar-refractivity contribution in [3.63, 3.8) is 0 Å². The Bertz CT molecular complexity index is 534. The molecule has 0 atom stereocenters. The highest BCUT2D eigenvalue weighted by Crippen LogP contribution is 2.27. The number of aryl methyl sites for hydroxylation is 1. The van der Waals surface area contributed by atoms with E-state index in [-0.39, 0.29) is 0 Å². The molecule has 0 radical (unpaired) electrons. The summed E-state index contributed by atoms with van der Waals surface area (Å²) in [6, 6.07) is 8.54. The van der Waals surface area contributed by atoms with Gasteiger partial charge in [-0.2, -0.15) is 0 Å². The Hall–Kier alpha value is -1.61. The summed E-state index contributed by atoms with van der Waals surface area (Å²) in [6.45, 7) is 2.95. The molecular weight excluding hydrogens is 186 g/mol. The van der Waals surface area contributed by atoms with Gasteiger partial charge in [0.05, 0.1) is 5.52 Å². The van der Waals surface area contributed by atoms with Crippen LogP contribution in [0.3, 0.4) is 0 Å². The first-order valence-electron chi connectivity index (χ1n) is 5.16. The molecule has 0 aliphatic carbocycles. The third-order valence-corrected chi connectivity index (χ3v) is 2.92. The molecule has 1 aliphatic rings. The van der Waals surface area contributed by atoms with E-state index >= 15 is 0 Å². The number of pyridine rings is 1. The number of hydrazine groups is 1. The van der Waals surface area contributed by atoms with Gasteiger partial charge >= 0.3 is 0 Å². The molecule has 3 nitrogen and oxygen atoms in total. The Morgan fingerprint density at radius 3 is 3.07 bits per heavy atom. The maximum absolute atomic E-state index is 5.85. The normalized spacial score (nSPS) is 14.7. The fraction of sp³-hybridized carbons (Fsp3) is 0.250. The molecule has 2 N–H and O–H groups in total. The number of aromatic nitrogens is 1. The van der Waals surface area contributed by atoms with Crippen molar-refractivity contribution in [2.75, 3.05) is 11.6 Å². The van der Waals surface area contributed by atoms with E-state index in [1.807, 2.05) is 0 Å². The smallest absolute Gasteiger partial charge is 0.146 e. The SMILES string of the molecule is Cc1ccc2cc3c(nc2c1)N(N)CC3. The zero-order valence-electron chi connectivity index (χ0n) is 8.70. The van der Waals surface area contributed by atoms with E-state index < -0.39 is 0 Å². The van der Waals surface area contributed by atoms with E-state index in [0.717, 1.165) is 24.3 Å². The second-order valence-electron chi connectivity index (χ2n) is 4.11. The summed E-state index contributed by atoms with van der Waals surface area (Å²) in [5.74, 6) is 6.78. The number of rotatable bonds is 0. The van der Waals surface area contributed by atoms with Crippen molar-refractivity contribution in [2.45, 2.75) is 13.3 Å². The van der Waals surface area contributed by atoms with E-state index in [2.05, 4.69) is 36.2 Å². The maximum atomic E-state index is 5.85. The Balaban J connectivity index is 2.31. The topological polar surface area (TPSA) is 42.2 Å². The molecule has 0 amide bonds. The molecule has 1 aromatic carbocycles. The fourth-order valence-electron chi connectivity index (χ4n) is 2.09. The number of anilines is 1. The molecule has 1 aromatic heterocycles. The van der Waals surface area contributed by atoms with E-state index in [1.165, 1.54) is 16.5 Å². The van der Waals surface area contributed by atoms with Crippen molar-refractivity contribution in [2.24, 2.45) is 5.84 Å². The molecule has 0 fully saturated rings. The van der Waals surface area contributed by atoms with Crippen LogP contribution in [0.4, 0.5) is 5.82 Å². The Labute approximate surface area is 88.5 Å². The average molecular weight is 199 g/mol. The maximum Gasteiger partial charge on any atom is 0.146 e. The van der Waals surface area contributed by atoms with Crippen molar-refractivity contribution in [1.82, 2.24) is 4.98 Å². The van der Waals surface area contributed by atoms with Gasteiger partial charge in [-0.3, -0.25) is 5.01 Å². The van der Waals surface area contributed by atoms with Crippen LogP contribution in [0.2, 0.25) is 0 Å². The van der Waals surface area contributed by atoms with Crippen molar-refractivity contribution < 1.29 is 0 Å². The summed E-state index contributed by atoms with van der Waals surface area (Å²) in [5, 5.41) is 2.94. The van der Waals surface area contributed by atoms with Crippen molar-refractivity contribution in [3.05, 3.63) is 35.4 Å². The lowest BCUT2D eigenvalue weighted by Crippen LogP contribution is -2.28. The molecule has 0 saturated heterocycles. The molecule has 15 heavy (non-hydrogen) atoms. The highest BCUT2D eigenvalue weighted by molar-refractivity contribution is 5.83. The van der Waals surface area contributed by atoms with Gasteiger partial charge in [0, 0.05) is 11.9 Å². The van der Waals surface area contributed by atoms with Crippen molar-refractivity contribution in [1.29, 1.82) is 0 Å². The Morgan fingerprint density at radius 1 is 1.33 bits per heavy atom. The number of nitrogens with two attached hydrogens (primary N) is 1. The Morgan fingerprint density at radius 2 is 2.20 bits per heavy atom. The minimum absolute atomic E-state index is 0.873. The summed E-state index contributed by atoms with van der Waals surface area (Å²) in [5.41, 5.74) is 3.52. The third-order valence-electron chi connectivity index (χ3n) is 2.92. The second-order valence-corrected chi connectivity index (χ2v) is 4.11. The minimum Gasteiger partial charge on any atom is -0.294 e. The lowest BCUT2D eigenvalue weighted by molar-refractivity contribution is 0.881. The van der Waals surface area contributed by atoms with Gasteiger partial charge in [0.1, 0.15) is 5.82 Å². The first-order valence-corrected chi connectivity index (χ1v) is 5.16. The molecule has 0 bridgehead atoms. The van der Waals surface area contributed by atoms with Crippen LogP contribution in [0.1, 0.15) is 11.1 Å². The van der Waals surface area contributed by atoms with Crippen LogP contribution < -0.4 is 10.9 Å². The minimum atomic E-state index is 0.873. The van der Waals surface area contributed by atoms with Crippen LogP contribution >= 0.6 is 0 Å². The monoisotopic (exact) mass is 199 g/mol. The Kier molecular flexibility index (Phi) is 1.70. The quantitative estimate of drug-likeness (QED) is 0.658. The van der Waals surface area contributed by atoms with E-state index in [0.29, 0.717) is 0 Å². The van der Waals surface area contributed by atoms with Crippen LogP contribution in [0.25, 0.3) is 10.9 Å². The van der Waals surface area contributed by atoms with E-state index in [1.54, 1.807) is 5.01 Å². The summed E-state index contributed by atoms with van der Waals surface area (Å²) in [6.07, 6.45) is 1.00. The second kappa shape index (κ2) is 2.94. The molecule has 0 spiro atoms. The molecule has 2 heterocycles. The lowest BCUT2D eigenvalue weighted by atomic mass is 10.1. The molecule has 0 unspecified atom stereocenters. The highest BCUT2D eigenvalue weighted by Gasteiger charge is 2.18. The van der Waals surface area contributed by atoms with Gasteiger partial charge in [-0.15, -0.1) is 0 Å². The first kappa shape index (κ1) is 8.68. The standard InChI is InChI=1S/C12H13N3/c1-8-2-3-9-7-10-4-5-15(13)12(10)14-11(9)6-8/h2-3,6-7H,4-5,13H2,1H3. The van der Waals surface area contributed by atoms with Crippen LogP contribution in [0.15, 0.2) is 24.3 Å². The molecule has 1 aliphatic heterocycles. The lowest BCUT2D eigenvalue weighted by Gasteiger charge is -2.10.